The first-order valence-corrected chi connectivity index (χ1v) is 7.64. The Kier molecular flexibility index (Phi) is 5.51. The fourth-order valence-corrected chi connectivity index (χ4v) is 2.68. The highest BCUT2D eigenvalue weighted by atomic mass is 35.5. The van der Waals surface area contributed by atoms with Gasteiger partial charge in [0.2, 0.25) is 0 Å². The number of aliphatic hydroxyl groups is 1. The topological polar surface area (TPSA) is 23.5 Å². The molecule has 0 saturated heterocycles. The van der Waals surface area contributed by atoms with Crippen LogP contribution in [0.4, 0.5) is 5.69 Å². The van der Waals surface area contributed by atoms with Crippen LogP contribution in [0.5, 0.6) is 0 Å². The molecule has 0 fully saturated rings. The number of halogens is 2. The first kappa shape index (κ1) is 16.2. The van der Waals surface area contributed by atoms with Crippen molar-refractivity contribution < 1.29 is 5.11 Å². The van der Waals surface area contributed by atoms with E-state index >= 15 is 0 Å². The first-order chi connectivity index (χ1) is 9.99. The van der Waals surface area contributed by atoms with Crippen LogP contribution in [0.1, 0.15) is 23.7 Å². The van der Waals surface area contributed by atoms with Crippen molar-refractivity contribution in [3.63, 3.8) is 0 Å². The van der Waals surface area contributed by atoms with E-state index in [1.54, 1.807) is 12.1 Å². The molecule has 1 atom stereocenters. The Hall–Kier alpha value is -1.22. The summed E-state index contributed by atoms with van der Waals surface area (Å²) in [7, 11) is 2.01. The third-order valence-electron chi connectivity index (χ3n) is 3.52. The van der Waals surface area contributed by atoms with Gasteiger partial charge in [-0.25, -0.2) is 0 Å². The summed E-state index contributed by atoms with van der Waals surface area (Å²) in [5, 5.41) is 11.2. The van der Waals surface area contributed by atoms with E-state index in [4.69, 9.17) is 23.2 Å². The van der Waals surface area contributed by atoms with Gasteiger partial charge in [-0.05, 0) is 37.1 Å². The molecule has 2 aromatic carbocycles. The second-order valence-electron chi connectivity index (χ2n) is 5.21. The third-order valence-corrected chi connectivity index (χ3v) is 4.35. The minimum absolute atomic E-state index is 0.435. The van der Waals surface area contributed by atoms with E-state index in [2.05, 4.69) is 30.0 Å². The summed E-state index contributed by atoms with van der Waals surface area (Å²) < 4.78 is 0. The molecule has 0 aliphatic heterocycles. The van der Waals surface area contributed by atoms with Crippen molar-refractivity contribution in [2.24, 2.45) is 0 Å². The lowest BCUT2D eigenvalue weighted by molar-refractivity contribution is 0.170. The van der Waals surface area contributed by atoms with E-state index in [1.165, 1.54) is 5.56 Å². The van der Waals surface area contributed by atoms with Crippen molar-refractivity contribution in [1.29, 1.82) is 0 Å². The van der Waals surface area contributed by atoms with Crippen LogP contribution < -0.4 is 4.90 Å². The average molecular weight is 324 g/mol. The maximum atomic E-state index is 10.3. The summed E-state index contributed by atoms with van der Waals surface area (Å²) in [6.07, 6.45) is -0.0340. The summed E-state index contributed by atoms with van der Waals surface area (Å²) >= 11 is 12.1. The van der Waals surface area contributed by atoms with Crippen molar-refractivity contribution in [3.8, 4) is 0 Å². The van der Waals surface area contributed by atoms with Crippen LogP contribution in [0.25, 0.3) is 0 Å². The Bertz CT molecular complexity index is 615. The number of hydrogen-bond acceptors (Lipinski definition) is 2. The Morgan fingerprint density at radius 3 is 2.57 bits per heavy atom. The molecule has 2 rings (SSSR count). The molecule has 0 aromatic heterocycles. The van der Waals surface area contributed by atoms with Gasteiger partial charge in [-0.3, -0.25) is 0 Å². The van der Waals surface area contributed by atoms with Gasteiger partial charge in [0.05, 0.1) is 16.1 Å². The average Bonchev–Trinajstić information content (AvgIpc) is 2.47. The summed E-state index contributed by atoms with van der Waals surface area (Å²) in [5.41, 5.74) is 3.04. The zero-order chi connectivity index (χ0) is 15.4. The van der Waals surface area contributed by atoms with Crippen LogP contribution in [0, 0.1) is 6.92 Å². The molecule has 0 aliphatic rings. The second-order valence-corrected chi connectivity index (χ2v) is 5.99. The van der Waals surface area contributed by atoms with E-state index in [9.17, 15) is 5.11 Å². The summed E-state index contributed by atoms with van der Waals surface area (Å²) in [5.74, 6) is 0. The highest BCUT2D eigenvalue weighted by Crippen LogP contribution is 2.31. The lowest BCUT2D eigenvalue weighted by Crippen LogP contribution is -2.20. The van der Waals surface area contributed by atoms with E-state index in [1.807, 2.05) is 19.2 Å². The normalized spacial score (nSPS) is 12.2. The second kappa shape index (κ2) is 7.17. The van der Waals surface area contributed by atoms with Gasteiger partial charge in [-0.1, -0.05) is 47.5 Å². The molecule has 0 amide bonds. The smallest absolute Gasteiger partial charge is 0.0821 e. The maximum absolute atomic E-state index is 10.3. The maximum Gasteiger partial charge on any atom is 0.0821 e. The van der Waals surface area contributed by atoms with Crippen LogP contribution >= 0.6 is 23.2 Å². The van der Waals surface area contributed by atoms with Gasteiger partial charge in [0, 0.05) is 24.8 Å². The fraction of sp³-hybridized carbons (Fsp3) is 0.294. The lowest BCUT2D eigenvalue weighted by atomic mass is 10.1. The van der Waals surface area contributed by atoms with E-state index < -0.39 is 6.10 Å². The van der Waals surface area contributed by atoms with Gasteiger partial charge in [-0.2, -0.15) is 0 Å². The monoisotopic (exact) mass is 323 g/mol. The van der Waals surface area contributed by atoms with Gasteiger partial charge in [0.15, 0.2) is 0 Å². The quantitative estimate of drug-likeness (QED) is 0.849. The van der Waals surface area contributed by atoms with Gasteiger partial charge in [0.25, 0.3) is 0 Å². The molecule has 2 nitrogen and oxygen atoms in total. The molecule has 2 aromatic rings. The summed E-state index contributed by atoms with van der Waals surface area (Å²) in [6.45, 7) is 2.80. The van der Waals surface area contributed by atoms with Crippen molar-refractivity contribution in [3.05, 3.63) is 63.6 Å². The zero-order valence-corrected chi connectivity index (χ0v) is 13.7. The lowest BCUT2D eigenvalue weighted by Gasteiger charge is -2.22. The molecule has 0 spiro atoms. The Morgan fingerprint density at radius 1 is 1.14 bits per heavy atom. The predicted octanol–water partition coefficient (Wildman–Crippen LogP) is 4.86. The SMILES string of the molecule is Cc1cccc(N(C)CCC(O)c2cccc(Cl)c2Cl)c1. The number of aliphatic hydroxyl groups excluding tert-OH is 1. The number of aryl methyl sites for hydroxylation is 1. The summed E-state index contributed by atoms with van der Waals surface area (Å²) in [4.78, 5) is 2.12. The van der Waals surface area contributed by atoms with Gasteiger partial charge in [-0.15, -0.1) is 0 Å². The number of benzene rings is 2. The van der Waals surface area contributed by atoms with Crippen LogP contribution in [0.3, 0.4) is 0 Å². The van der Waals surface area contributed by atoms with Gasteiger partial charge < -0.3 is 10.0 Å². The van der Waals surface area contributed by atoms with Crippen LogP contribution in [-0.2, 0) is 0 Å². The molecule has 112 valence electrons. The minimum atomic E-state index is -0.622. The fourth-order valence-electron chi connectivity index (χ4n) is 2.24. The molecule has 1 unspecified atom stereocenters. The van der Waals surface area contributed by atoms with Gasteiger partial charge >= 0.3 is 0 Å². The molecule has 21 heavy (non-hydrogen) atoms. The van der Waals surface area contributed by atoms with E-state index in [0.29, 0.717) is 22.0 Å². The van der Waals surface area contributed by atoms with Crippen molar-refractivity contribution in [1.82, 2.24) is 0 Å². The molecule has 0 radical (unpaired) electrons. The molecule has 0 bridgehead atoms. The number of nitrogens with zero attached hydrogens (tertiary/aromatic N) is 1. The third kappa shape index (κ3) is 4.13. The van der Waals surface area contributed by atoms with Crippen molar-refractivity contribution in [2.45, 2.75) is 19.4 Å². The molecule has 1 N–H and O–H groups in total. The number of anilines is 1. The van der Waals surface area contributed by atoms with Crippen LogP contribution in [-0.4, -0.2) is 18.7 Å². The van der Waals surface area contributed by atoms with Crippen LogP contribution in [0.2, 0.25) is 10.0 Å². The Balaban J connectivity index is 2.00. The standard InChI is InChI=1S/C17H19Cl2NO/c1-12-5-3-6-13(11-12)20(2)10-9-16(21)14-7-4-8-15(18)17(14)19/h3-8,11,16,21H,9-10H2,1-2H3. The van der Waals surface area contributed by atoms with Crippen molar-refractivity contribution in [2.75, 3.05) is 18.5 Å². The molecule has 0 heterocycles. The zero-order valence-electron chi connectivity index (χ0n) is 12.2. The number of hydrogen-bond donors (Lipinski definition) is 1. The van der Waals surface area contributed by atoms with E-state index in [0.717, 1.165) is 12.2 Å². The largest absolute Gasteiger partial charge is 0.388 e. The predicted molar refractivity (Wildman–Crippen MR) is 90.5 cm³/mol. The molecular weight excluding hydrogens is 305 g/mol. The van der Waals surface area contributed by atoms with Crippen molar-refractivity contribution >= 4 is 28.9 Å². The van der Waals surface area contributed by atoms with Crippen LogP contribution in [0.15, 0.2) is 42.5 Å². The van der Waals surface area contributed by atoms with E-state index in [-0.39, 0.29) is 0 Å². The minimum Gasteiger partial charge on any atom is -0.388 e. The highest BCUT2D eigenvalue weighted by molar-refractivity contribution is 6.42. The Morgan fingerprint density at radius 2 is 1.86 bits per heavy atom. The molecule has 4 heteroatoms. The Labute approximate surface area is 135 Å². The number of rotatable bonds is 5. The highest BCUT2D eigenvalue weighted by Gasteiger charge is 2.14. The molecular formula is C17H19Cl2NO. The first-order valence-electron chi connectivity index (χ1n) is 6.89. The molecule has 0 aliphatic carbocycles. The molecule has 0 saturated carbocycles. The summed E-state index contributed by atoms with van der Waals surface area (Å²) in [6, 6.07) is 13.6. The van der Waals surface area contributed by atoms with Gasteiger partial charge in [0.1, 0.15) is 0 Å².